The minimum Gasteiger partial charge on any atom is -0.377 e. The molecule has 0 amide bonds. The van der Waals surface area contributed by atoms with Crippen LogP contribution in [0.3, 0.4) is 0 Å². The highest BCUT2D eigenvalue weighted by Gasteiger charge is 2.30. The first-order valence-corrected chi connectivity index (χ1v) is 8.31. The lowest BCUT2D eigenvalue weighted by Gasteiger charge is -2.35. The molecule has 3 heteroatoms. The zero-order valence-electron chi connectivity index (χ0n) is 11.1. The van der Waals surface area contributed by atoms with E-state index in [4.69, 9.17) is 10.5 Å². The molecule has 0 aromatic heterocycles. The largest absolute Gasteiger partial charge is 0.377 e. The summed E-state index contributed by atoms with van der Waals surface area (Å²) in [6.07, 6.45) is 8.52. The second-order valence-electron chi connectivity index (χ2n) is 5.59. The third-order valence-electron chi connectivity index (χ3n) is 4.44. The SMILES string of the molecule is CCC1CCC(CN)C(SCC2CCCO2)C1. The molecule has 4 atom stereocenters. The molecule has 0 bridgehead atoms. The van der Waals surface area contributed by atoms with E-state index in [1.54, 1.807) is 0 Å². The smallest absolute Gasteiger partial charge is 0.0666 e. The summed E-state index contributed by atoms with van der Waals surface area (Å²) in [6.45, 7) is 4.18. The molecule has 2 aliphatic rings. The van der Waals surface area contributed by atoms with Crippen LogP contribution in [-0.4, -0.2) is 30.3 Å². The van der Waals surface area contributed by atoms with Crippen LogP contribution in [0.1, 0.15) is 45.4 Å². The van der Waals surface area contributed by atoms with E-state index in [1.165, 1.54) is 44.3 Å². The number of nitrogens with two attached hydrogens (primary N) is 1. The number of ether oxygens (including phenoxy) is 1. The van der Waals surface area contributed by atoms with Gasteiger partial charge < -0.3 is 10.5 Å². The highest BCUT2D eigenvalue weighted by Crippen LogP contribution is 2.38. The van der Waals surface area contributed by atoms with Crippen molar-refractivity contribution in [3.05, 3.63) is 0 Å². The highest BCUT2D eigenvalue weighted by molar-refractivity contribution is 7.99. The third kappa shape index (κ3) is 3.87. The van der Waals surface area contributed by atoms with Crippen LogP contribution in [0.5, 0.6) is 0 Å². The Hall–Kier alpha value is 0.270. The molecular formula is C14H27NOS. The number of rotatable bonds is 5. The van der Waals surface area contributed by atoms with Gasteiger partial charge in [0.1, 0.15) is 0 Å². The molecule has 2 nitrogen and oxygen atoms in total. The molecule has 4 unspecified atom stereocenters. The van der Waals surface area contributed by atoms with Gasteiger partial charge in [0.25, 0.3) is 0 Å². The van der Waals surface area contributed by atoms with Crippen LogP contribution in [0.2, 0.25) is 0 Å². The van der Waals surface area contributed by atoms with Crippen molar-refractivity contribution in [2.45, 2.75) is 56.8 Å². The van der Waals surface area contributed by atoms with Crippen molar-refractivity contribution in [1.82, 2.24) is 0 Å². The number of hydrogen-bond acceptors (Lipinski definition) is 3. The minimum absolute atomic E-state index is 0.528. The van der Waals surface area contributed by atoms with Crippen LogP contribution in [-0.2, 0) is 4.74 Å². The van der Waals surface area contributed by atoms with Crippen molar-refractivity contribution in [2.24, 2.45) is 17.6 Å². The minimum atomic E-state index is 0.528. The third-order valence-corrected chi connectivity index (χ3v) is 6.01. The van der Waals surface area contributed by atoms with Gasteiger partial charge in [-0.25, -0.2) is 0 Å². The van der Waals surface area contributed by atoms with Crippen LogP contribution < -0.4 is 5.73 Å². The topological polar surface area (TPSA) is 35.2 Å². The second kappa shape index (κ2) is 7.01. The van der Waals surface area contributed by atoms with Gasteiger partial charge in [-0.15, -0.1) is 0 Å². The lowest BCUT2D eigenvalue weighted by atomic mass is 9.80. The lowest BCUT2D eigenvalue weighted by Crippen LogP contribution is -2.33. The fraction of sp³-hybridized carbons (Fsp3) is 1.00. The fourth-order valence-corrected chi connectivity index (χ4v) is 4.78. The van der Waals surface area contributed by atoms with Gasteiger partial charge in [-0.3, -0.25) is 0 Å². The number of hydrogen-bond donors (Lipinski definition) is 1. The van der Waals surface area contributed by atoms with Gasteiger partial charge in [0.05, 0.1) is 6.10 Å². The van der Waals surface area contributed by atoms with Crippen LogP contribution in [0, 0.1) is 11.8 Å². The Kier molecular flexibility index (Phi) is 5.64. The molecule has 1 saturated heterocycles. The normalized spacial score (nSPS) is 38.5. The van der Waals surface area contributed by atoms with Crippen LogP contribution in [0.4, 0.5) is 0 Å². The quantitative estimate of drug-likeness (QED) is 0.822. The van der Waals surface area contributed by atoms with Gasteiger partial charge >= 0.3 is 0 Å². The summed E-state index contributed by atoms with van der Waals surface area (Å²) in [6, 6.07) is 0. The van der Waals surface area contributed by atoms with E-state index < -0.39 is 0 Å². The predicted octanol–water partition coefficient (Wildman–Crippen LogP) is 3.05. The summed E-state index contributed by atoms with van der Waals surface area (Å²) in [5.74, 6) is 2.89. The zero-order chi connectivity index (χ0) is 12.1. The Labute approximate surface area is 110 Å². The molecule has 0 radical (unpaired) electrons. The molecule has 1 aliphatic heterocycles. The molecule has 2 N–H and O–H groups in total. The summed E-state index contributed by atoms with van der Waals surface area (Å²) in [5, 5.41) is 0.794. The molecule has 17 heavy (non-hydrogen) atoms. The van der Waals surface area contributed by atoms with Crippen molar-refractivity contribution in [1.29, 1.82) is 0 Å². The van der Waals surface area contributed by atoms with E-state index in [0.717, 1.165) is 30.2 Å². The molecule has 1 saturated carbocycles. The first kappa shape index (κ1) is 13.7. The van der Waals surface area contributed by atoms with Gasteiger partial charge in [0, 0.05) is 17.6 Å². The first-order valence-electron chi connectivity index (χ1n) is 7.26. The fourth-order valence-electron chi connectivity index (χ4n) is 3.13. The molecule has 2 fully saturated rings. The molecule has 1 heterocycles. The van der Waals surface area contributed by atoms with Crippen LogP contribution in [0.15, 0.2) is 0 Å². The van der Waals surface area contributed by atoms with Gasteiger partial charge in [0.2, 0.25) is 0 Å². The van der Waals surface area contributed by atoms with Crippen LogP contribution in [0.25, 0.3) is 0 Å². The standard InChI is InChI=1S/C14H27NOS/c1-2-11-5-6-12(9-15)14(8-11)17-10-13-4-3-7-16-13/h11-14H,2-10,15H2,1H3. The van der Waals surface area contributed by atoms with Crippen molar-refractivity contribution >= 4 is 11.8 Å². The summed E-state index contributed by atoms with van der Waals surface area (Å²) in [7, 11) is 0. The average molecular weight is 257 g/mol. The Morgan fingerprint density at radius 3 is 2.82 bits per heavy atom. The van der Waals surface area contributed by atoms with E-state index in [9.17, 15) is 0 Å². The molecule has 100 valence electrons. The maximum absolute atomic E-state index is 5.92. The molecule has 2 rings (SSSR count). The first-order chi connectivity index (χ1) is 8.33. The molecule has 0 aromatic carbocycles. The lowest BCUT2D eigenvalue weighted by molar-refractivity contribution is 0.128. The van der Waals surface area contributed by atoms with Crippen molar-refractivity contribution < 1.29 is 4.74 Å². The van der Waals surface area contributed by atoms with Gasteiger partial charge in [-0.1, -0.05) is 19.8 Å². The monoisotopic (exact) mass is 257 g/mol. The van der Waals surface area contributed by atoms with Gasteiger partial charge in [0.15, 0.2) is 0 Å². The summed E-state index contributed by atoms with van der Waals surface area (Å²) in [5.41, 5.74) is 5.92. The number of thioether (sulfide) groups is 1. The molecule has 0 spiro atoms. The Bertz CT molecular complexity index is 218. The Morgan fingerprint density at radius 2 is 2.18 bits per heavy atom. The van der Waals surface area contributed by atoms with E-state index in [-0.39, 0.29) is 0 Å². The summed E-state index contributed by atoms with van der Waals surface area (Å²) in [4.78, 5) is 0. The maximum atomic E-state index is 5.92. The molecule has 1 aliphatic carbocycles. The maximum Gasteiger partial charge on any atom is 0.0666 e. The van der Waals surface area contributed by atoms with Crippen molar-refractivity contribution in [3.63, 3.8) is 0 Å². The molecule has 0 aromatic rings. The van der Waals surface area contributed by atoms with Gasteiger partial charge in [-0.2, -0.15) is 11.8 Å². The second-order valence-corrected chi connectivity index (χ2v) is 6.86. The Balaban J connectivity index is 1.77. The van der Waals surface area contributed by atoms with Crippen LogP contribution >= 0.6 is 11.8 Å². The van der Waals surface area contributed by atoms with Gasteiger partial charge in [-0.05, 0) is 44.1 Å². The van der Waals surface area contributed by atoms with E-state index in [2.05, 4.69) is 18.7 Å². The summed E-state index contributed by atoms with van der Waals surface area (Å²) < 4.78 is 5.71. The predicted molar refractivity (Wildman–Crippen MR) is 75.4 cm³/mol. The van der Waals surface area contributed by atoms with E-state index in [0.29, 0.717) is 6.10 Å². The van der Waals surface area contributed by atoms with E-state index >= 15 is 0 Å². The van der Waals surface area contributed by atoms with E-state index in [1.807, 2.05) is 0 Å². The van der Waals surface area contributed by atoms with Crippen molar-refractivity contribution in [3.8, 4) is 0 Å². The molecular weight excluding hydrogens is 230 g/mol. The van der Waals surface area contributed by atoms with Crippen molar-refractivity contribution in [2.75, 3.05) is 18.9 Å². The average Bonchev–Trinajstić information content (AvgIpc) is 2.89. The summed E-state index contributed by atoms with van der Waals surface area (Å²) >= 11 is 2.14. The zero-order valence-corrected chi connectivity index (χ0v) is 11.9. The Morgan fingerprint density at radius 1 is 1.29 bits per heavy atom. The highest BCUT2D eigenvalue weighted by atomic mass is 32.2.